The molecule has 0 aliphatic carbocycles. The van der Waals surface area contributed by atoms with Gasteiger partial charge in [0.05, 0.1) is 12.1 Å². The topological polar surface area (TPSA) is 65.6 Å². The van der Waals surface area contributed by atoms with E-state index in [1.807, 2.05) is 37.4 Å². The van der Waals surface area contributed by atoms with E-state index in [1.54, 1.807) is 4.90 Å². The van der Waals surface area contributed by atoms with Gasteiger partial charge in [0, 0.05) is 43.8 Å². The number of unbranched alkanes of at least 4 members (excludes halogenated alkanes) is 1. The van der Waals surface area contributed by atoms with Crippen LogP contribution in [0.4, 0.5) is 13.2 Å². The summed E-state index contributed by atoms with van der Waals surface area (Å²) in [5.41, 5.74) is 1.87. The number of alkyl halides is 3. The second-order valence-corrected chi connectivity index (χ2v) is 8.72. The van der Waals surface area contributed by atoms with Crippen molar-refractivity contribution < 1.29 is 27.5 Å². The van der Waals surface area contributed by atoms with Crippen molar-refractivity contribution in [3.05, 3.63) is 71.4 Å². The fourth-order valence-corrected chi connectivity index (χ4v) is 4.02. The van der Waals surface area contributed by atoms with Crippen LogP contribution in [0.2, 0.25) is 0 Å². The number of nitrogens with one attached hydrogen (secondary N) is 1. The highest BCUT2D eigenvalue weighted by molar-refractivity contribution is 5.86. The highest BCUT2D eigenvalue weighted by Gasteiger charge is 2.30. The Balaban J connectivity index is 1.79. The predicted molar refractivity (Wildman–Crippen MR) is 132 cm³/mol. The Kier molecular flexibility index (Phi) is 9.52. The third kappa shape index (κ3) is 7.34. The van der Waals surface area contributed by atoms with E-state index < -0.39 is 11.7 Å². The fraction of sp³-hybridized carbons (Fsp3) is 0.407. The molecule has 0 atom stereocenters. The zero-order valence-electron chi connectivity index (χ0n) is 20.6. The van der Waals surface area contributed by atoms with Gasteiger partial charge in [-0.05, 0) is 42.2 Å². The molecule has 0 bridgehead atoms. The Hall–Kier alpha value is -3.33. The van der Waals surface area contributed by atoms with Gasteiger partial charge >= 0.3 is 6.18 Å². The molecule has 0 unspecified atom stereocenters. The van der Waals surface area contributed by atoms with Crippen molar-refractivity contribution in [3.8, 4) is 0 Å². The number of hydrogen-bond donors (Lipinski definition) is 1. The van der Waals surface area contributed by atoms with Crippen LogP contribution in [0.3, 0.4) is 0 Å². The molecule has 0 spiro atoms. The smallest absolute Gasteiger partial charge is 0.375 e. The average molecular weight is 504 g/mol. The van der Waals surface area contributed by atoms with Gasteiger partial charge < -0.3 is 19.5 Å². The number of H-pyrrole nitrogens is 1. The molecule has 2 amide bonds. The first-order chi connectivity index (χ1) is 17.2. The van der Waals surface area contributed by atoms with Crippen LogP contribution in [0.15, 0.2) is 54.7 Å². The molecular weight excluding hydrogens is 471 g/mol. The Bertz CT molecular complexity index is 1140. The van der Waals surface area contributed by atoms with E-state index in [9.17, 15) is 22.8 Å². The third-order valence-corrected chi connectivity index (χ3v) is 6.06. The summed E-state index contributed by atoms with van der Waals surface area (Å²) in [4.78, 5) is 32.2. The third-order valence-electron chi connectivity index (χ3n) is 6.06. The number of ether oxygens (including phenoxy) is 1. The summed E-state index contributed by atoms with van der Waals surface area (Å²) in [6, 6.07) is 12.7. The molecule has 3 aromatic rings. The number of nitrogens with zero attached hydrogens (tertiary/aromatic N) is 2. The molecule has 3 rings (SSSR count). The molecule has 194 valence electrons. The summed E-state index contributed by atoms with van der Waals surface area (Å²) in [5, 5.41) is 1.05. The molecule has 0 aliphatic heterocycles. The monoisotopic (exact) mass is 503 g/mol. The van der Waals surface area contributed by atoms with Crippen molar-refractivity contribution in [1.82, 2.24) is 14.8 Å². The maximum Gasteiger partial charge on any atom is 0.416 e. The molecule has 1 N–H and O–H groups in total. The lowest BCUT2D eigenvalue weighted by Gasteiger charge is -2.28. The molecule has 0 saturated carbocycles. The lowest BCUT2D eigenvalue weighted by molar-refractivity contribution is -0.143. The van der Waals surface area contributed by atoms with Crippen LogP contribution in [-0.2, 0) is 33.5 Å². The minimum Gasteiger partial charge on any atom is -0.375 e. The highest BCUT2D eigenvalue weighted by Crippen LogP contribution is 2.29. The Morgan fingerprint density at radius 3 is 2.36 bits per heavy atom. The number of rotatable bonds is 12. The van der Waals surface area contributed by atoms with Gasteiger partial charge in [0.25, 0.3) is 0 Å². The van der Waals surface area contributed by atoms with Crippen molar-refractivity contribution in [2.24, 2.45) is 0 Å². The average Bonchev–Trinajstić information content (AvgIpc) is 3.27. The Morgan fingerprint density at radius 2 is 1.69 bits per heavy atom. The van der Waals surface area contributed by atoms with E-state index >= 15 is 0 Å². The number of benzene rings is 2. The number of carbonyl (C=O) groups excluding carboxylic acids is 2. The number of aromatic amines is 1. The van der Waals surface area contributed by atoms with Gasteiger partial charge in [-0.15, -0.1) is 0 Å². The summed E-state index contributed by atoms with van der Waals surface area (Å²) >= 11 is 0. The molecule has 36 heavy (non-hydrogen) atoms. The molecular formula is C27H32F3N3O3. The predicted octanol–water partition coefficient (Wildman–Crippen LogP) is 5.03. The Morgan fingerprint density at radius 1 is 0.972 bits per heavy atom. The first kappa shape index (κ1) is 27.3. The Labute approximate surface area is 209 Å². The number of para-hydroxylation sites is 1. The maximum absolute atomic E-state index is 13.4. The van der Waals surface area contributed by atoms with E-state index in [0.717, 1.165) is 41.4 Å². The quantitative estimate of drug-likeness (QED) is 0.377. The van der Waals surface area contributed by atoms with Crippen LogP contribution in [0.1, 0.15) is 36.5 Å². The number of carbonyl (C=O) groups is 2. The van der Waals surface area contributed by atoms with Gasteiger partial charge in [0.1, 0.15) is 6.61 Å². The number of fused-ring (bicyclic) bond motifs is 1. The van der Waals surface area contributed by atoms with Crippen LogP contribution < -0.4 is 0 Å². The van der Waals surface area contributed by atoms with Crippen molar-refractivity contribution in [1.29, 1.82) is 0 Å². The lowest BCUT2D eigenvalue weighted by Crippen LogP contribution is -2.44. The van der Waals surface area contributed by atoms with E-state index in [-0.39, 0.29) is 31.5 Å². The second-order valence-electron chi connectivity index (χ2n) is 8.72. The van der Waals surface area contributed by atoms with Gasteiger partial charge in [0.15, 0.2) is 0 Å². The number of amides is 2. The van der Waals surface area contributed by atoms with E-state index in [0.29, 0.717) is 25.1 Å². The van der Waals surface area contributed by atoms with Crippen molar-refractivity contribution >= 4 is 22.7 Å². The summed E-state index contributed by atoms with van der Waals surface area (Å²) in [7, 11) is 1.43. The summed E-state index contributed by atoms with van der Waals surface area (Å²) < 4.78 is 43.9. The second kappa shape index (κ2) is 12.6. The summed E-state index contributed by atoms with van der Waals surface area (Å²) in [6.07, 6.45) is -0.360. The molecule has 0 aliphatic rings. The van der Waals surface area contributed by atoms with Crippen LogP contribution in [0.5, 0.6) is 0 Å². The normalized spacial score (nSPS) is 11.6. The molecule has 1 heterocycles. The largest absolute Gasteiger partial charge is 0.416 e. The number of hydrogen-bond acceptors (Lipinski definition) is 3. The van der Waals surface area contributed by atoms with Crippen LogP contribution in [0.25, 0.3) is 10.9 Å². The standard InChI is InChI=1S/C27H32F3N3O3/c1-3-4-14-32(26(35)19-36-2)18-25(34)33(17-20-9-11-22(12-10-20)27(28,29)30)15-13-21-16-31-24-8-6-5-7-23(21)24/h5-12,16,31H,3-4,13-15,17-19H2,1-2H3. The number of halogens is 3. The van der Waals surface area contributed by atoms with Crippen molar-refractivity contribution in [3.63, 3.8) is 0 Å². The van der Waals surface area contributed by atoms with Gasteiger partial charge in [-0.25, -0.2) is 0 Å². The number of methoxy groups -OCH3 is 1. The van der Waals surface area contributed by atoms with Crippen LogP contribution in [0, 0.1) is 0 Å². The highest BCUT2D eigenvalue weighted by atomic mass is 19.4. The summed E-state index contributed by atoms with van der Waals surface area (Å²) in [6.45, 7) is 2.68. The van der Waals surface area contributed by atoms with E-state index in [1.165, 1.54) is 24.1 Å². The minimum absolute atomic E-state index is 0.114. The molecule has 0 fully saturated rings. The van der Waals surface area contributed by atoms with Gasteiger partial charge in [0.2, 0.25) is 11.8 Å². The zero-order chi connectivity index (χ0) is 26.1. The SMILES string of the molecule is CCCCN(CC(=O)N(CCc1c[nH]c2ccccc12)Cc1ccc(C(F)(F)F)cc1)C(=O)COC. The first-order valence-electron chi connectivity index (χ1n) is 12.0. The maximum atomic E-state index is 13.4. The van der Waals surface area contributed by atoms with Gasteiger partial charge in [-0.2, -0.15) is 13.2 Å². The van der Waals surface area contributed by atoms with E-state index in [2.05, 4.69) is 4.98 Å². The molecule has 0 radical (unpaired) electrons. The van der Waals surface area contributed by atoms with Crippen LogP contribution in [-0.4, -0.2) is 59.9 Å². The minimum atomic E-state index is -4.43. The first-order valence-corrected chi connectivity index (χ1v) is 12.0. The van der Waals surface area contributed by atoms with Crippen molar-refractivity contribution in [2.45, 2.75) is 38.9 Å². The van der Waals surface area contributed by atoms with Gasteiger partial charge in [-0.1, -0.05) is 43.7 Å². The molecule has 9 heteroatoms. The van der Waals surface area contributed by atoms with Crippen molar-refractivity contribution in [2.75, 3.05) is 33.4 Å². The zero-order valence-corrected chi connectivity index (χ0v) is 20.6. The molecule has 2 aromatic carbocycles. The lowest BCUT2D eigenvalue weighted by atomic mass is 10.1. The molecule has 1 aromatic heterocycles. The van der Waals surface area contributed by atoms with Gasteiger partial charge in [-0.3, -0.25) is 9.59 Å². The fourth-order valence-electron chi connectivity index (χ4n) is 4.02. The van der Waals surface area contributed by atoms with E-state index in [4.69, 9.17) is 4.74 Å². The summed E-state index contributed by atoms with van der Waals surface area (Å²) in [5.74, 6) is -0.541. The number of aromatic nitrogens is 1. The molecule has 6 nitrogen and oxygen atoms in total. The van der Waals surface area contributed by atoms with Crippen LogP contribution >= 0.6 is 0 Å². The molecule has 0 saturated heterocycles.